The fraction of sp³-hybridized carbons (Fsp3) is 0.632. The molecule has 2 aliphatic rings. The van der Waals surface area contributed by atoms with E-state index in [1.54, 1.807) is 4.31 Å². The molecule has 25 heavy (non-hydrogen) atoms. The number of sulfonamides is 1. The van der Waals surface area contributed by atoms with Gasteiger partial charge in [0.15, 0.2) is 5.78 Å². The number of rotatable bonds is 4. The first kappa shape index (κ1) is 18.4. The van der Waals surface area contributed by atoms with E-state index >= 15 is 0 Å². The van der Waals surface area contributed by atoms with Crippen molar-refractivity contribution in [1.29, 1.82) is 0 Å². The zero-order chi connectivity index (χ0) is 18.2. The first-order valence-electron chi connectivity index (χ1n) is 9.08. The van der Waals surface area contributed by atoms with Gasteiger partial charge >= 0.3 is 0 Å². The summed E-state index contributed by atoms with van der Waals surface area (Å²) < 4.78 is 32.6. The zero-order valence-corrected chi connectivity index (χ0v) is 16.1. The maximum Gasteiger partial charge on any atom is 0.214 e. The molecule has 0 aliphatic carbocycles. The summed E-state index contributed by atoms with van der Waals surface area (Å²) in [6.45, 7) is 6.78. The lowest BCUT2D eigenvalue weighted by molar-refractivity contribution is 0.00578. The Kier molecular flexibility index (Phi) is 4.95. The minimum atomic E-state index is -3.20. The van der Waals surface area contributed by atoms with Crippen molar-refractivity contribution in [3.63, 3.8) is 0 Å². The van der Waals surface area contributed by atoms with Crippen LogP contribution in [0.2, 0.25) is 0 Å². The zero-order valence-electron chi connectivity index (χ0n) is 15.3. The highest BCUT2D eigenvalue weighted by Crippen LogP contribution is 2.41. The lowest BCUT2D eigenvalue weighted by atomic mass is 9.82. The van der Waals surface area contributed by atoms with E-state index in [4.69, 9.17) is 4.74 Å². The number of carbonyl (C=O) groups excluding carboxylic acids is 1. The van der Waals surface area contributed by atoms with Crippen molar-refractivity contribution in [1.82, 2.24) is 4.31 Å². The van der Waals surface area contributed by atoms with Crippen molar-refractivity contribution in [3.8, 4) is 5.75 Å². The van der Waals surface area contributed by atoms with Crippen molar-refractivity contribution in [2.45, 2.75) is 58.5 Å². The topological polar surface area (TPSA) is 63.7 Å². The van der Waals surface area contributed by atoms with Crippen LogP contribution in [-0.2, 0) is 10.0 Å². The van der Waals surface area contributed by atoms with E-state index in [1.807, 2.05) is 32.9 Å². The third kappa shape index (κ3) is 3.60. The Balaban J connectivity index is 1.77. The van der Waals surface area contributed by atoms with Crippen LogP contribution >= 0.6 is 0 Å². The highest BCUT2D eigenvalue weighted by Gasteiger charge is 2.45. The van der Waals surface area contributed by atoms with E-state index in [2.05, 4.69) is 0 Å². The summed E-state index contributed by atoms with van der Waals surface area (Å²) in [5.41, 5.74) is 2.16. The molecule has 0 N–H and O–H groups in total. The van der Waals surface area contributed by atoms with Gasteiger partial charge in [0.1, 0.15) is 11.4 Å². The Bertz CT molecular complexity index is 777. The molecule has 1 aromatic carbocycles. The number of aryl methyl sites for hydroxylation is 2. The van der Waals surface area contributed by atoms with E-state index in [0.717, 1.165) is 17.5 Å². The third-order valence-electron chi connectivity index (χ3n) is 5.31. The first-order chi connectivity index (χ1) is 11.8. The van der Waals surface area contributed by atoms with Gasteiger partial charge < -0.3 is 4.74 Å². The van der Waals surface area contributed by atoms with Crippen LogP contribution in [-0.4, -0.2) is 42.9 Å². The number of Topliss-reactive ketones (excluding diaryl/α,β-unsaturated/α-hetero) is 1. The Labute approximate surface area is 150 Å². The van der Waals surface area contributed by atoms with Crippen LogP contribution < -0.4 is 4.74 Å². The molecule has 0 saturated carbocycles. The second-order valence-corrected chi connectivity index (χ2v) is 9.50. The molecule has 1 fully saturated rings. The summed E-state index contributed by atoms with van der Waals surface area (Å²) in [6.07, 6.45) is 3.02. The molecule has 0 unspecified atom stereocenters. The SMILES string of the molecule is CCCCS(=O)(=O)N1CCC2(CC1)CC(=O)c1c(C)cc(C)cc1O2. The lowest BCUT2D eigenvalue weighted by Gasteiger charge is -2.43. The van der Waals surface area contributed by atoms with E-state index in [1.165, 1.54) is 0 Å². The smallest absolute Gasteiger partial charge is 0.214 e. The number of hydrogen-bond donors (Lipinski definition) is 0. The Morgan fingerprint density at radius 3 is 2.52 bits per heavy atom. The minimum absolute atomic E-state index is 0.112. The van der Waals surface area contributed by atoms with E-state index in [0.29, 0.717) is 50.1 Å². The molecular weight excluding hydrogens is 338 g/mol. The van der Waals surface area contributed by atoms with Crippen LogP contribution in [0, 0.1) is 13.8 Å². The van der Waals surface area contributed by atoms with E-state index in [-0.39, 0.29) is 11.5 Å². The second kappa shape index (κ2) is 6.72. The molecule has 1 spiro atoms. The summed E-state index contributed by atoms with van der Waals surface area (Å²) >= 11 is 0. The fourth-order valence-electron chi connectivity index (χ4n) is 3.92. The lowest BCUT2D eigenvalue weighted by Crippen LogP contribution is -2.52. The van der Waals surface area contributed by atoms with Crippen molar-refractivity contribution >= 4 is 15.8 Å². The van der Waals surface area contributed by atoms with E-state index < -0.39 is 15.6 Å². The number of benzene rings is 1. The third-order valence-corrected chi connectivity index (χ3v) is 7.27. The van der Waals surface area contributed by atoms with Gasteiger partial charge in [-0.3, -0.25) is 4.79 Å². The fourth-order valence-corrected chi connectivity index (χ4v) is 5.57. The summed E-state index contributed by atoms with van der Waals surface area (Å²) in [7, 11) is -3.20. The quantitative estimate of drug-likeness (QED) is 0.822. The molecule has 138 valence electrons. The van der Waals surface area contributed by atoms with Crippen LogP contribution in [0.15, 0.2) is 12.1 Å². The Hall–Kier alpha value is -1.40. The molecule has 0 aromatic heterocycles. The van der Waals surface area contributed by atoms with Crippen LogP contribution in [0.5, 0.6) is 5.75 Å². The van der Waals surface area contributed by atoms with Gasteiger partial charge in [-0.25, -0.2) is 12.7 Å². The molecule has 2 aliphatic heterocycles. The highest BCUT2D eigenvalue weighted by atomic mass is 32.2. The Morgan fingerprint density at radius 2 is 1.88 bits per heavy atom. The number of ether oxygens (including phenoxy) is 1. The molecule has 1 aromatic rings. The molecule has 2 heterocycles. The van der Waals surface area contributed by atoms with Gasteiger partial charge in [-0.05, 0) is 37.5 Å². The number of unbranched alkanes of at least 4 members (excludes halogenated alkanes) is 1. The number of carbonyl (C=O) groups is 1. The molecule has 3 rings (SSSR count). The maximum absolute atomic E-state index is 12.7. The summed E-state index contributed by atoms with van der Waals surface area (Å²) in [4.78, 5) is 12.7. The van der Waals surface area contributed by atoms with Gasteiger partial charge in [0.2, 0.25) is 10.0 Å². The molecule has 5 nitrogen and oxygen atoms in total. The summed E-state index contributed by atoms with van der Waals surface area (Å²) in [5.74, 6) is 0.981. The van der Waals surface area contributed by atoms with Crippen LogP contribution in [0.25, 0.3) is 0 Å². The van der Waals surface area contributed by atoms with Crippen LogP contribution in [0.1, 0.15) is 60.5 Å². The van der Waals surface area contributed by atoms with Gasteiger partial charge in [-0.1, -0.05) is 19.4 Å². The monoisotopic (exact) mass is 365 g/mol. The standard InChI is InChI=1S/C19H27NO4S/c1-4-5-10-25(22,23)20-8-6-19(7-9-20)13-16(21)18-15(3)11-14(2)12-17(18)24-19/h11-12H,4-10,13H2,1-3H3. The normalized spacial score (nSPS) is 20.4. The van der Waals surface area contributed by atoms with Crippen molar-refractivity contribution < 1.29 is 17.9 Å². The average molecular weight is 365 g/mol. The molecule has 0 radical (unpaired) electrons. The number of nitrogens with zero attached hydrogens (tertiary/aromatic N) is 1. The molecule has 1 saturated heterocycles. The first-order valence-corrected chi connectivity index (χ1v) is 10.7. The average Bonchev–Trinajstić information content (AvgIpc) is 2.52. The van der Waals surface area contributed by atoms with Gasteiger partial charge in [0.25, 0.3) is 0 Å². The highest BCUT2D eigenvalue weighted by molar-refractivity contribution is 7.89. The minimum Gasteiger partial charge on any atom is -0.486 e. The summed E-state index contributed by atoms with van der Waals surface area (Å²) in [5, 5.41) is 0. The van der Waals surface area contributed by atoms with Crippen molar-refractivity contribution in [2.24, 2.45) is 0 Å². The van der Waals surface area contributed by atoms with Gasteiger partial charge in [0.05, 0.1) is 17.7 Å². The molecule has 0 amide bonds. The van der Waals surface area contributed by atoms with Crippen molar-refractivity contribution in [2.75, 3.05) is 18.8 Å². The number of fused-ring (bicyclic) bond motifs is 1. The Morgan fingerprint density at radius 1 is 1.20 bits per heavy atom. The number of piperidine rings is 1. The van der Waals surface area contributed by atoms with E-state index in [9.17, 15) is 13.2 Å². The van der Waals surface area contributed by atoms with Crippen LogP contribution in [0.3, 0.4) is 0 Å². The largest absolute Gasteiger partial charge is 0.486 e. The van der Waals surface area contributed by atoms with Gasteiger partial charge in [-0.2, -0.15) is 0 Å². The molecule has 0 bridgehead atoms. The van der Waals surface area contributed by atoms with Crippen LogP contribution in [0.4, 0.5) is 0 Å². The predicted molar refractivity (Wildman–Crippen MR) is 97.7 cm³/mol. The molecule has 6 heteroatoms. The second-order valence-electron chi connectivity index (χ2n) is 7.41. The summed E-state index contributed by atoms with van der Waals surface area (Å²) in [6, 6.07) is 3.92. The van der Waals surface area contributed by atoms with Gasteiger partial charge in [-0.15, -0.1) is 0 Å². The van der Waals surface area contributed by atoms with Crippen molar-refractivity contribution in [3.05, 3.63) is 28.8 Å². The molecule has 0 atom stereocenters. The van der Waals surface area contributed by atoms with Gasteiger partial charge in [0, 0.05) is 25.9 Å². The number of hydrogen-bond acceptors (Lipinski definition) is 4. The molecular formula is C19H27NO4S. The maximum atomic E-state index is 12.7. The number of ketones is 1. The predicted octanol–water partition coefficient (Wildman–Crippen LogP) is 3.23.